The van der Waals surface area contributed by atoms with Gasteiger partial charge >= 0.3 is 0 Å². The van der Waals surface area contributed by atoms with Gasteiger partial charge in [-0.1, -0.05) is 118 Å². The summed E-state index contributed by atoms with van der Waals surface area (Å²) in [5, 5.41) is 13.5. The van der Waals surface area contributed by atoms with Gasteiger partial charge in [0.15, 0.2) is 0 Å². The molecule has 3 aliphatic rings. The number of fused-ring (bicyclic) bond motifs is 8. The molecule has 0 atom stereocenters. The maximum Gasteiger partial charge on any atom is 0.250 e. The molecule has 0 radical (unpaired) electrons. The molecule has 10 rings (SSSR count). The molecule has 5 heterocycles. The zero-order valence-corrected chi connectivity index (χ0v) is 70.7. The molecule has 7 aromatic rings. The van der Waals surface area contributed by atoms with E-state index < -0.39 is 0 Å². The highest BCUT2D eigenvalue weighted by atomic mass is 79.9. The maximum absolute atomic E-state index is 14.5. The number of hydrogen-bond donors (Lipinski definition) is 6. The summed E-state index contributed by atoms with van der Waals surface area (Å²) in [6, 6.07) is 31.4. The summed E-state index contributed by atoms with van der Waals surface area (Å²) in [6.45, 7) is 26.7. The normalized spacial score (nSPS) is 12.5. The number of nitrogens with one attached hydrogen (secondary N) is 6. The van der Waals surface area contributed by atoms with Crippen molar-refractivity contribution in [3.63, 3.8) is 0 Å². The van der Waals surface area contributed by atoms with Crippen LogP contribution in [0.5, 0.6) is 0 Å². The standard InChI is InChI=1S/C86H104N12O4.4BrH/c1-53(2)83(99)91-78-58(34-24-48-95(9)10)30-20-38-62(78)74-67-42-43-68(87-67)75(63-39-21-31-59(35-25-49-96(11)12)79(63)92-84(100)54(3)4)70-46-47-72(89-70)77(65-41-23-33-61(37-27-51-98(15)16)81(65)94-86(102)56(7)8)82-66(57-28-18-17-19-29-57)52-73(90-82)76(71-45-44-69(74)88-71)64-40-22-32-60(36-26-50-97(13)14)80(64)93-85(101)55(5)6;;;;/h20-23,30-33,38-47,52,57,87,90H,1,3,5,7,17-19,24-29,34-37,48-51H2,2,4,6,8-16H3,(H,91,99)(H,92,100)(H,93,101)(H,94,102);4*1H. The first kappa shape index (κ1) is 87.0. The Morgan fingerprint density at radius 3 is 0.972 bits per heavy atom. The van der Waals surface area contributed by atoms with Crippen molar-refractivity contribution in [1.82, 2.24) is 39.5 Å². The van der Waals surface area contributed by atoms with Crippen LogP contribution in [-0.4, -0.2) is 146 Å². The quantitative estimate of drug-likeness (QED) is 0.0246. The number of H-pyrrole nitrogens is 2. The van der Waals surface area contributed by atoms with E-state index in [1.54, 1.807) is 27.7 Å². The van der Waals surface area contributed by atoms with E-state index in [0.29, 0.717) is 116 Å². The van der Waals surface area contributed by atoms with Crippen LogP contribution >= 0.6 is 67.9 Å². The number of carbonyl (C=O) groups is 4. The topological polar surface area (TPSA) is 187 Å². The Hall–Kier alpha value is -7.92. The Kier molecular flexibility index (Phi) is 32.7. The van der Waals surface area contributed by atoms with Crippen LogP contribution in [0.4, 0.5) is 22.7 Å². The van der Waals surface area contributed by atoms with E-state index in [1.807, 2.05) is 12.1 Å². The van der Waals surface area contributed by atoms with Gasteiger partial charge in [-0.15, -0.1) is 67.9 Å². The van der Waals surface area contributed by atoms with Crippen molar-refractivity contribution in [3.8, 4) is 44.5 Å². The summed E-state index contributed by atoms with van der Waals surface area (Å²) < 4.78 is 0. The van der Waals surface area contributed by atoms with Gasteiger partial charge in [-0.2, -0.15) is 0 Å². The molecule has 4 amide bonds. The summed E-state index contributed by atoms with van der Waals surface area (Å²) in [5.74, 6) is -1.12. The number of aromatic nitrogens is 4. The summed E-state index contributed by atoms with van der Waals surface area (Å²) in [6.07, 6.45) is 19.3. The van der Waals surface area contributed by atoms with Gasteiger partial charge in [-0.3, -0.25) is 19.2 Å². The van der Waals surface area contributed by atoms with Crippen LogP contribution in [0.1, 0.15) is 142 Å². The van der Waals surface area contributed by atoms with Gasteiger partial charge in [-0.25, -0.2) is 9.97 Å². The second-order valence-electron chi connectivity index (χ2n) is 29.0. The fourth-order valence-electron chi connectivity index (χ4n) is 14.1. The lowest BCUT2D eigenvalue weighted by molar-refractivity contribution is -0.113. The number of halogens is 4. The van der Waals surface area contributed by atoms with Crippen LogP contribution in [0.25, 0.3) is 90.9 Å². The summed E-state index contributed by atoms with van der Waals surface area (Å²) >= 11 is 0. The average molecular weight is 1690 g/mol. The number of hydrogen-bond acceptors (Lipinski definition) is 10. The highest BCUT2D eigenvalue weighted by Crippen LogP contribution is 2.48. The third-order valence-electron chi connectivity index (χ3n) is 19.3. The molecule has 1 aliphatic carbocycles. The Morgan fingerprint density at radius 1 is 0.396 bits per heavy atom. The lowest BCUT2D eigenvalue weighted by atomic mass is 9.83. The first-order valence-electron chi connectivity index (χ1n) is 36.0. The molecule has 1 saturated carbocycles. The molecular formula is C86H108Br4N12O4. The Balaban J connectivity index is 0.00000440. The monoisotopic (exact) mass is 1690 g/mol. The Bertz CT molecular complexity index is 4670. The van der Waals surface area contributed by atoms with E-state index >= 15 is 0 Å². The number of amides is 4. The molecule has 0 saturated heterocycles. The van der Waals surface area contributed by atoms with Gasteiger partial charge in [0.05, 0.1) is 51.0 Å². The average Bonchev–Trinajstić information content (AvgIpc) is 1.58. The van der Waals surface area contributed by atoms with Crippen molar-refractivity contribution in [2.24, 2.45) is 0 Å². The number of aryl methyl sites for hydroxylation is 4. The Morgan fingerprint density at radius 2 is 0.679 bits per heavy atom. The van der Waals surface area contributed by atoms with Crippen LogP contribution < -0.4 is 21.3 Å². The molecule has 1 fully saturated rings. The third kappa shape index (κ3) is 21.1. The fraction of sp³-hybridized carbons (Fsp3) is 0.349. The zero-order valence-electron chi connectivity index (χ0n) is 63.8. The maximum atomic E-state index is 14.5. The molecule has 4 aromatic carbocycles. The van der Waals surface area contributed by atoms with E-state index in [2.05, 4.69) is 237 Å². The minimum Gasteiger partial charge on any atom is -0.354 e. The lowest BCUT2D eigenvalue weighted by Crippen LogP contribution is -2.16. The minimum absolute atomic E-state index is 0. The van der Waals surface area contributed by atoms with Crippen LogP contribution in [0.3, 0.4) is 0 Å². The molecule has 3 aromatic heterocycles. The van der Waals surface area contributed by atoms with Crippen molar-refractivity contribution in [1.29, 1.82) is 0 Å². The SMILES string of the molecule is Br.Br.Br.Br.C=C(C)C(=O)Nc1c(CCCN(C)C)cccc1-c1c2nc(c(-c3cccc(CCCN(C)C)c3NC(=O)C(=C)C)c3cc(C4CCCCC4)c([nH]3)c(-c3cccc(CCCN(C)C)c3NC(=O)C(=C)C)c3nc(c(-c4cccc(CCCN(C)C)c4NC(=O)C(=C)C)c4ccc1[nH]4)C=C3)C=C2. The molecule has 564 valence electrons. The van der Waals surface area contributed by atoms with E-state index in [4.69, 9.17) is 9.97 Å². The van der Waals surface area contributed by atoms with Gasteiger partial charge < -0.3 is 50.8 Å². The number of para-hydroxylation sites is 4. The Labute approximate surface area is 670 Å². The molecule has 106 heavy (non-hydrogen) atoms. The number of carbonyl (C=O) groups excluding carboxylic acids is 4. The first-order valence-corrected chi connectivity index (χ1v) is 36.0. The predicted octanol–water partition coefficient (Wildman–Crippen LogP) is 19.7. The first-order chi connectivity index (χ1) is 48.9. The second-order valence-corrected chi connectivity index (χ2v) is 29.0. The molecule has 20 heteroatoms. The summed E-state index contributed by atoms with van der Waals surface area (Å²) in [7, 11) is 16.5. The van der Waals surface area contributed by atoms with Gasteiger partial charge in [0.2, 0.25) is 0 Å². The van der Waals surface area contributed by atoms with Gasteiger partial charge in [0.1, 0.15) is 0 Å². The predicted molar refractivity (Wildman–Crippen MR) is 469 cm³/mol. The van der Waals surface area contributed by atoms with E-state index in [1.165, 1.54) is 0 Å². The third-order valence-corrected chi connectivity index (χ3v) is 19.3. The van der Waals surface area contributed by atoms with Crippen LogP contribution in [0, 0.1) is 0 Å². The zero-order chi connectivity index (χ0) is 73.1. The largest absolute Gasteiger partial charge is 0.354 e. The highest BCUT2D eigenvalue weighted by Gasteiger charge is 2.30. The van der Waals surface area contributed by atoms with Gasteiger partial charge in [0, 0.05) is 83.4 Å². The van der Waals surface area contributed by atoms with Crippen LogP contribution in [0.15, 0.2) is 140 Å². The minimum atomic E-state index is -0.309. The van der Waals surface area contributed by atoms with Crippen molar-refractivity contribution in [3.05, 3.63) is 190 Å². The van der Waals surface area contributed by atoms with Crippen LogP contribution in [0.2, 0.25) is 0 Å². The van der Waals surface area contributed by atoms with Gasteiger partial charge in [0.25, 0.3) is 23.6 Å². The van der Waals surface area contributed by atoms with Crippen molar-refractivity contribution < 1.29 is 19.2 Å². The van der Waals surface area contributed by atoms with Crippen molar-refractivity contribution >= 4 is 161 Å². The molecule has 6 N–H and O–H groups in total. The number of rotatable bonds is 29. The molecule has 0 unspecified atom stereocenters. The van der Waals surface area contributed by atoms with E-state index in [-0.39, 0.29) is 97.5 Å². The fourth-order valence-corrected chi connectivity index (χ4v) is 14.1. The molecular weight excluding hydrogens is 1580 g/mol. The van der Waals surface area contributed by atoms with Crippen LogP contribution in [-0.2, 0) is 44.9 Å². The lowest BCUT2D eigenvalue weighted by Gasteiger charge is -2.22. The van der Waals surface area contributed by atoms with Crippen molar-refractivity contribution in [2.45, 2.75) is 117 Å². The summed E-state index contributed by atoms with van der Waals surface area (Å²) in [5.41, 5.74) is 20.4. The molecule has 0 spiro atoms. The van der Waals surface area contributed by atoms with Gasteiger partial charge in [-0.05, 0) is 251 Å². The molecule has 16 nitrogen and oxygen atoms in total. The molecule has 2 aliphatic heterocycles. The summed E-state index contributed by atoms with van der Waals surface area (Å²) in [4.78, 5) is 86.2. The second kappa shape index (κ2) is 39.8. The smallest absolute Gasteiger partial charge is 0.250 e. The number of nitrogens with zero attached hydrogens (tertiary/aromatic N) is 6. The highest BCUT2D eigenvalue weighted by molar-refractivity contribution is 8.93. The number of anilines is 4. The van der Waals surface area contributed by atoms with E-state index in [9.17, 15) is 19.2 Å². The number of benzene rings is 4. The van der Waals surface area contributed by atoms with Crippen molar-refractivity contribution in [2.75, 3.05) is 104 Å². The van der Waals surface area contributed by atoms with E-state index in [0.717, 1.165) is 156 Å². The molecule has 8 bridgehead atoms. The number of aromatic amines is 2.